The van der Waals surface area contributed by atoms with Gasteiger partial charge in [0.2, 0.25) is 0 Å². The monoisotopic (exact) mass is 530 g/mol. The molecule has 3 heteroatoms. The average molecular weight is 531 g/mol. The number of aryl methyl sites for hydroxylation is 3. The summed E-state index contributed by atoms with van der Waals surface area (Å²) in [6.07, 6.45) is 3.01. The van der Waals surface area contributed by atoms with Crippen molar-refractivity contribution in [3.63, 3.8) is 0 Å². The van der Waals surface area contributed by atoms with Gasteiger partial charge in [-0.05, 0) is 107 Å². The third-order valence-electron chi connectivity index (χ3n) is 8.36. The second-order valence-electron chi connectivity index (χ2n) is 12.6. The standard InChI is InChI=1S/C36H50O3/c1-11-12-26(27-13-23(8)34(37)30(17-27)20(2)3)16-33(28-14-24(9)35(38)31(18-28)21(4)5)29-15-25(10)36(39)32(19-29)22(6)7/h13-15,17-22,26,33,37-39H,11-12,16H2,1-10H3. The van der Waals surface area contributed by atoms with Crippen LogP contribution >= 0.6 is 0 Å². The molecule has 0 heterocycles. The van der Waals surface area contributed by atoms with Crippen molar-refractivity contribution >= 4 is 0 Å². The Morgan fingerprint density at radius 2 is 0.872 bits per heavy atom. The van der Waals surface area contributed by atoms with Gasteiger partial charge in [-0.3, -0.25) is 0 Å². The number of aromatic hydroxyl groups is 3. The molecule has 0 aliphatic rings. The van der Waals surface area contributed by atoms with Crippen LogP contribution in [0.3, 0.4) is 0 Å². The van der Waals surface area contributed by atoms with Gasteiger partial charge in [-0.2, -0.15) is 0 Å². The largest absolute Gasteiger partial charge is 0.507 e. The third-order valence-corrected chi connectivity index (χ3v) is 8.36. The SMILES string of the molecule is CCCC(CC(c1cc(C)c(O)c(C(C)C)c1)c1cc(C)c(O)c(C(C)C)c1)c1cc(C)c(O)c(C(C)C)c1. The van der Waals surface area contributed by atoms with Crippen molar-refractivity contribution in [1.29, 1.82) is 0 Å². The normalized spacial score (nSPS) is 12.8. The zero-order chi connectivity index (χ0) is 29.2. The van der Waals surface area contributed by atoms with Crippen LogP contribution in [0.1, 0.15) is 147 Å². The number of rotatable bonds is 10. The highest BCUT2D eigenvalue weighted by atomic mass is 16.3. The molecule has 0 aliphatic heterocycles. The van der Waals surface area contributed by atoms with Gasteiger partial charge in [-0.25, -0.2) is 0 Å². The lowest BCUT2D eigenvalue weighted by molar-refractivity contribution is 0.457. The van der Waals surface area contributed by atoms with Crippen molar-refractivity contribution in [2.45, 2.75) is 118 Å². The Hall–Kier alpha value is -2.94. The molecule has 3 rings (SSSR count). The summed E-state index contributed by atoms with van der Waals surface area (Å²) < 4.78 is 0. The summed E-state index contributed by atoms with van der Waals surface area (Å²) in [6.45, 7) is 21.0. The van der Waals surface area contributed by atoms with Crippen molar-refractivity contribution in [3.05, 3.63) is 86.5 Å². The minimum atomic E-state index is 0.0896. The topological polar surface area (TPSA) is 60.7 Å². The molecular formula is C36H50O3. The van der Waals surface area contributed by atoms with Crippen molar-refractivity contribution in [2.75, 3.05) is 0 Å². The lowest BCUT2D eigenvalue weighted by Gasteiger charge is -2.28. The second kappa shape index (κ2) is 12.5. The van der Waals surface area contributed by atoms with Crippen LogP contribution in [0.4, 0.5) is 0 Å². The van der Waals surface area contributed by atoms with Crippen molar-refractivity contribution in [1.82, 2.24) is 0 Å². The van der Waals surface area contributed by atoms with Crippen LogP contribution in [0.5, 0.6) is 17.2 Å². The fourth-order valence-electron chi connectivity index (χ4n) is 5.98. The van der Waals surface area contributed by atoms with E-state index in [0.29, 0.717) is 23.2 Å². The molecule has 1 unspecified atom stereocenters. The second-order valence-corrected chi connectivity index (χ2v) is 12.6. The molecule has 212 valence electrons. The molecule has 3 nitrogen and oxygen atoms in total. The summed E-state index contributed by atoms with van der Waals surface area (Å²) in [6, 6.07) is 13.1. The molecule has 1 atom stereocenters. The molecule has 39 heavy (non-hydrogen) atoms. The number of phenols is 3. The molecule has 0 aliphatic carbocycles. The Kier molecular flexibility index (Phi) is 9.80. The van der Waals surface area contributed by atoms with E-state index in [2.05, 4.69) is 84.9 Å². The number of hydrogen-bond acceptors (Lipinski definition) is 3. The molecule has 0 fully saturated rings. The van der Waals surface area contributed by atoms with Gasteiger partial charge in [0.25, 0.3) is 0 Å². The highest BCUT2D eigenvalue weighted by molar-refractivity contribution is 5.52. The van der Waals surface area contributed by atoms with E-state index in [1.54, 1.807) is 0 Å². The van der Waals surface area contributed by atoms with E-state index >= 15 is 0 Å². The van der Waals surface area contributed by atoms with Gasteiger partial charge in [0.1, 0.15) is 17.2 Å². The van der Waals surface area contributed by atoms with Crippen molar-refractivity contribution in [3.8, 4) is 17.2 Å². The van der Waals surface area contributed by atoms with Crippen LogP contribution in [0.25, 0.3) is 0 Å². The Balaban J connectivity index is 2.26. The number of phenolic OH excluding ortho intramolecular Hbond substituents is 3. The smallest absolute Gasteiger partial charge is 0.121 e. The first-order chi connectivity index (χ1) is 18.3. The summed E-state index contributed by atoms with van der Waals surface area (Å²) in [5.41, 5.74) is 9.37. The molecule has 0 spiro atoms. The van der Waals surface area contributed by atoms with Crippen LogP contribution in [-0.4, -0.2) is 15.3 Å². The Bertz CT molecular complexity index is 1240. The van der Waals surface area contributed by atoms with E-state index in [1.165, 1.54) is 16.7 Å². The Morgan fingerprint density at radius 3 is 1.21 bits per heavy atom. The summed E-state index contributed by atoms with van der Waals surface area (Å²) in [5.74, 6) is 2.22. The predicted molar refractivity (Wildman–Crippen MR) is 165 cm³/mol. The van der Waals surface area contributed by atoms with E-state index in [4.69, 9.17) is 0 Å². The molecule has 0 bridgehead atoms. The van der Waals surface area contributed by atoms with Crippen molar-refractivity contribution < 1.29 is 15.3 Å². The molecule has 3 aromatic rings. The summed E-state index contributed by atoms with van der Waals surface area (Å²) in [7, 11) is 0. The lowest BCUT2D eigenvalue weighted by Crippen LogP contribution is -2.11. The van der Waals surface area contributed by atoms with Gasteiger partial charge in [0.05, 0.1) is 0 Å². The first-order valence-corrected chi connectivity index (χ1v) is 14.8. The van der Waals surface area contributed by atoms with E-state index < -0.39 is 0 Å². The van der Waals surface area contributed by atoms with E-state index in [0.717, 1.165) is 52.6 Å². The highest BCUT2D eigenvalue weighted by Crippen LogP contribution is 2.44. The Labute approximate surface area is 236 Å². The average Bonchev–Trinajstić information content (AvgIpc) is 2.86. The molecule has 3 aromatic carbocycles. The minimum absolute atomic E-state index is 0.0896. The van der Waals surface area contributed by atoms with E-state index in [9.17, 15) is 15.3 Å². The molecule has 0 aromatic heterocycles. The molecule has 0 saturated heterocycles. The summed E-state index contributed by atoms with van der Waals surface area (Å²) in [5, 5.41) is 32.5. The fraction of sp³-hybridized carbons (Fsp3) is 0.500. The molecule has 3 N–H and O–H groups in total. The van der Waals surface area contributed by atoms with Crippen LogP contribution in [0.2, 0.25) is 0 Å². The van der Waals surface area contributed by atoms with Crippen molar-refractivity contribution in [2.24, 2.45) is 0 Å². The molecule has 0 saturated carbocycles. The maximum absolute atomic E-state index is 10.9. The van der Waals surface area contributed by atoms with E-state index in [-0.39, 0.29) is 23.7 Å². The first kappa shape index (κ1) is 30.6. The third kappa shape index (κ3) is 6.62. The van der Waals surface area contributed by atoms with Crippen LogP contribution in [0.15, 0.2) is 36.4 Å². The Morgan fingerprint density at radius 1 is 0.538 bits per heavy atom. The summed E-state index contributed by atoms with van der Waals surface area (Å²) >= 11 is 0. The summed E-state index contributed by atoms with van der Waals surface area (Å²) in [4.78, 5) is 0. The minimum Gasteiger partial charge on any atom is -0.507 e. The predicted octanol–water partition coefficient (Wildman–Crippen LogP) is 10.2. The quantitative estimate of drug-likeness (QED) is 0.244. The van der Waals surface area contributed by atoms with Gasteiger partial charge < -0.3 is 15.3 Å². The van der Waals surface area contributed by atoms with Gasteiger partial charge in [0, 0.05) is 5.92 Å². The number of hydrogen-bond donors (Lipinski definition) is 3. The molecule has 0 amide bonds. The molecule has 0 radical (unpaired) electrons. The first-order valence-electron chi connectivity index (χ1n) is 14.8. The maximum Gasteiger partial charge on any atom is 0.121 e. The van der Waals surface area contributed by atoms with E-state index in [1.807, 2.05) is 20.8 Å². The highest BCUT2D eigenvalue weighted by Gasteiger charge is 2.26. The van der Waals surface area contributed by atoms with Crippen LogP contribution in [-0.2, 0) is 0 Å². The zero-order valence-corrected chi connectivity index (χ0v) is 25.8. The zero-order valence-electron chi connectivity index (χ0n) is 25.8. The maximum atomic E-state index is 10.9. The van der Waals surface area contributed by atoms with Gasteiger partial charge in [-0.15, -0.1) is 0 Å². The van der Waals surface area contributed by atoms with Gasteiger partial charge in [0.15, 0.2) is 0 Å². The number of benzene rings is 3. The van der Waals surface area contributed by atoms with Gasteiger partial charge >= 0.3 is 0 Å². The van der Waals surface area contributed by atoms with Gasteiger partial charge in [-0.1, -0.05) is 91.3 Å². The molecular weight excluding hydrogens is 480 g/mol. The van der Waals surface area contributed by atoms with Crippen LogP contribution in [0, 0.1) is 20.8 Å². The fourth-order valence-corrected chi connectivity index (χ4v) is 5.98. The van der Waals surface area contributed by atoms with Crippen LogP contribution < -0.4 is 0 Å². The lowest BCUT2D eigenvalue weighted by atomic mass is 9.76.